The van der Waals surface area contributed by atoms with E-state index in [1.807, 2.05) is 0 Å². The third-order valence-corrected chi connectivity index (χ3v) is 2.29. The number of carboxylic acids is 1. The lowest BCUT2D eigenvalue weighted by Crippen LogP contribution is -2.03. The van der Waals surface area contributed by atoms with E-state index in [1.165, 1.54) is 12.5 Å². The van der Waals surface area contributed by atoms with Crippen LogP contribution in [0.5, 0.6) is 0 Å². The maximum atomic E-state index is 11.0. The van der Waals surface area contributed by atoms with Gasteiger partial charge in [-0.3, -0.25) is 0 Å². The molecule has 0 amide bonds. The van der Waals surface area contributed by atoms with Gasteiger partial charge in [0.2, 0.25) is 0 Å². The number of hydrogen-bond donors (Lipinski definition) is 1. The van der Waals surface area contributed by atoms with Crippen LogP contribution in [0.1, 0.15) is 10.5 Å². The van der Waals surface area contributed by atoms with Gasteiger partial charge in [-0.25, -0.2) is 14.8 Å². The Morgan fingerprint density at radius 3 is 2.88 bits per heavy atom. The molecule has 1 heterocycles. The lowest BCUT2D eigenvalue weighted by Gasteiger charge is -2.04. The Balaban J connectivity index is 2.60. The highest BCUT2D eigenvalue weighted by Crippen LogP contribution is 2.24. The zero-order chi connectivity index (χ0) is 11.5. The molecule has 0 fully saturated rings. The summed E-state index contributed by atoms with van der Waals surface area (Å²) in [6.45, 7) is 0. The van der Waals surface area contributed by atoms with Gasteiger partial charge in [0.05, 0.1) is 0 Å². The maximum absolute atomic E-state index is 11.0. The minimum Gasteiger partial charge on any atom is -0.476 e. The molecule has 0 aliphatic carbocycles. The van der Waals surface area contributed by atoms with Gasteiger partial charge in [-0.15, -0.1) is 0 Å². The van der Waals surface area contributed by atoms with E-state index in [4.69, 9.17) is 16.7 Å². The summed E-state index contributed by atoms with van der Waals surface area (Å²) in [5.74, 6) is -1.09. The minimum atomic E-state index is -1.09. The number of halogens is 1. The average Bonchev–Trinajstić information content (AvgIpc) is 2.29. The van der Waals surface area contributed by atoms with Crippen LogP contribution in [0.4, 0.5) is 0 Å². The predicted molar refractivity (Wildman–Crippen MR) is 59.4 cm³/mol. The van der Waals surface area contributed by atoms with Crippen molar-refractivity contribution in [2.24, 2.45) is 0 Å². The Labute approximate surface area is 96.6 Å². The second-order valence-corrected chi connectivity index (χ2v) is 3.54. The lowest BCUT2D eigenvalue weighted by atomic mass is 10.1. The van der Waals surface area contributed by atoms with Gasteiger partial charge >= 0.3 is 5.97 Å². The van der Waals surface area contributed by atoms with E-state index < -0.39 is 5.97 Å². The Morgan fingerprint density at radius 1 is 1.38 bits per heavy atom. The summed E-state index contributed by atoms with van der Waals surface area (Å²) in [4.78, 5) is 18.5. The fourth-order valence-electron chi connectivity index (χ4n) is 1.37. The van der Waals surface area contributed by atoms with Crippen molar-refractivity contribution < 1.29 is 9.90 Å². The number of carboxylic acid groups (broad SMARTS) is 1. The van der Waals surface area contributed by atoms with Crippen LogP contribution >= 0.6 is 11.6 Å². The van der Waals surface area contributed by atoms with Gasteiger partial charge in [-0.2, -0.15) is 0 Å². The van der Waals surface area contributed by atoms with Gasteiger partial charge in [0.15, 0.2) is 5.69 Å². The number of carbonyl (C=O) groups is 1. The van der Waals surface area contributed by atoms with Crippen molar-refractivity contribution >= 4 is 17.6 Å². The number of nitrogens with zero attached hydrogens (tertiary/aromatic N) is 2. The smallest absolute Gasteiger partial charge is 0.355 e. The fraction of sp³-hybridized carbons (Fsp3) is 0. The van der Waals surface area contributed by atoms with Gasteiger partial charge < -0.3 is 5.11 Å². The molecule has 0 bridgehead atoms. The van der Waals surface area contributed by atoms with Crippen molar-refractivity contribution in [2.45, 2.75) is 0 Å². The number of benzene rings is 1. The summed E-state index contributed by atoms with van der Waals surface area (Å²) in [5, 5.41) is 9.51. The number of aromatic nitrogens is 2. The van der Waals surface area contributed by atoms with E-state index >= 15 is 0 Å². The fourth-order valence-corrected chi connectivity index (χ4v) is 1.56. The van der Waals surface area contributed by atoms with Gasteiger partial charge in [0, 0.05) is 16.8 Å². The van der Waals surface area contributed by atoms with Crippen LogP contribution in [0.3, 0.4) is 0 Å². The molecule has 0 unspecified atom stereocenters. The first-order valence-electron chi connectivity index (χ1n) is 4.47. The molecule has 2 aromatic rings. The van der Waals surface area contributed by atoms with Gasteiger partial charge in [0.25, 0.3) is 0 Å². The molecule has 0 aliphatic rings. The van der Waals surface area contributed by atoms with Gasteiger partial charge in [0.1, 0.15) is 6.33 Å². The van der Waals surface area contributed by atoms with Crippen LogP contribution in [-0.2, 0) is 0 Å². The van der Waals surface area contributed by atoms with Gasteiger partial charge in [-0.1, -0.05) is 23.7 Å². The van der Waals surface area contributed by atoms with E-state index in [-0.39, 0.29) is 5.69 Å². The summed E-state index contributed by atoms with van der Waals surface area (Å²) >= 11 is 5.84. The summed E-state index contributed by atoms with van der Waals surface area (Å²) in [6, 6.07) is 6.90. The van der Waals surface area contributed by atoms with Crippen molar-refractivity contribution in [2.75, 3.05) is 0 Å². The zero-order valence-electron chi connectivity index (χ0n) is 8.09. The van der Waals surface area contributed by atoms with Crippen molar-refractivity contribution in [1.29, 1.82) is 0 Å². The standard InChI is InChI=1S/C11H7ClN2O2/c12-8-3-1-2-7(4-8)9-5-13-6-14-10(9)11(15)16/h1-6H,(H,15,16). The van der Waals surface area contributed by atoms with Crippen LogP contribution < -0.4 is 0 Å². The molecule has 1 N–H and O–H groups in total. The van der Waals surface area contributed by atoms with E-state index in [1.54, 1.807) is 24.3 Å². The van der Waals surface area contributed by atoms with Crippen LogP contribution in [0, 0.1) is 0 Å². The molecule has 2 rings (SSSR count). The minimum absolute atomic E-state index is 0.0303. The molecule has 16 heavy (non-hydrogen) atoms. The van der Waals surface area contributed by atoms with E-state index in [2.05, 4.69) is 9.97 Å². The monoisotopic (exact) mass is 234 g/mol. The third kappa shape index (κ3) is 2.01. The van der Waals surface area contributed by atoms with Crippen LogP contribution in [0.15, 0.2) is 36.8 Å². The largest absolute Gasteiger partial charge is 0.476 e. The summed E-state index contributed by atoms with van der Waals surface area (Å²) < 4.78 is 0. The van der Waals surface area contributed by atoms with Crippen molar-refractivity contribution in [3.63, 3.8) is 0 Å². The second-order valence-electron chi connectivity index (χ2n) is 3.10. The molecule has 0 spiro atoms. The Kier molecular flexibility index (Phi) is 2.83. The Bertz CT molecular complexity index is 543. The molecule has 80 valence electrons. The van der Waals surface area contributed by atoms with Crippen molar-refractivity contribution in [3.05, 3.63) is 47.5 Å². The summed E-state index contributed by atoms with van der Waals surface area (Å²) in [6.07, 6.45) is 2.67. The summed E-state index contributed by atoms with van der Waals surface area (Å²) in [5.41, 5.74) is 1.11. The van der Waals surface area contributed by atoms with Crippen molar-refractivity contribution in [1.82, 2.24) is 9.97 Å². The first-order valence-corrected chi connectivity index (χ1v) is 4.85. The Hall–Kier alpha value is -1.94. The molecule has 0 atom stereocenters. The van der Waals surface area contributed by atoms with E-state index in [0.717, 1.165) is 0 Å². The van der Waals surface area contributed by atoms with Crippen LogP contribution in [0.2, 0.25) is 5.02 Å². The molecular weight excluding hydrogens is 228 g/mol. The van der Waals surface area contributed by atoms with Crippen molar-refractivity contribution in [3.8, 4) is 11.1 Å². The lowest BCUT2D eigenvalue weighted by molar-refractivity contribution is 0.0691. The Morgan fingerprint density at radius 2 is 2.19 bits per heavy atom. The molecule has 0 aliphatic heterocycles. The molecule has 5 heteroatoms. The normalized spacial score (nSPS) is 10.1. The van der Waals surface area contributed by atoms with Gasteiger partial charge in [-0.05, 0) is 17.7 Å². The first-order chi connectivity index (χ1) is 7.68. The molecule has 1 aromatic heterocycles. The maximum Gasteiger partial charge on any atom is 0.355 e. The predicted octanol–water partition coefficient (Wildman–Crippen LogP) is 2.50. The molecule has 0 saturated carbocycles. The molecular formula is C11H7ClN2O2. The number of rotatable bonds is 2. The van der Waals surface area contributed by atoms with E-state index in [0.29, 0.717) is 16.1 Å². The second kappa shape index (κ2) is 4.28. The number of hydrogen-bond acceptors (Lipinski definition) is 3. The molecule has 0 saturated heterocycles. The highest BCUT2D eigenvalue weighted by Gasteiger charge is 2.13. The van der Waals surface area contributed by atoms with Crippen LogP contribution in [0.25, 0.3) is 11.1 Å². The third-order valence-electron chi connectivity index (χ3n) is 2.05. The zero-order valence-corrected chi connectivity index (χ0v) is 8.85. The highest BCUT2D eigenvalue weighted by molar-refractivity contribution is 6.30. The average molecular weight is 235 g/mol. The number of aromatic carboxylic acids is 1. The molecule has 0 radical (unpaired) electrons. The van der Waals surface area contributed by atoms with Crippen LogP contribution in [-0.4, -0.2) is 21.0 Å². The quantitative estimate of drug-likeness (QED) is 0.867. The van der Waals surface area contributed by atoms with E-state index in [9.17, 15) is 4.79 Å². The molecule has 4 nitrogen and oxygen atoms in total. The highest BCUT2D eigenvalue weighted by atomic mass is 35.5. The SMILES string of the molecule is O=C(O)c1ncncc1-c1cccc(Cl)c1. The molecule has 1 aromatic carbocycles. The first kappa shape index (κ1) is 10.6. The summed E-state index contributed by atoms with van der Waals surface area (Å²) in [7, 11) is 0. The topological polar surface area (TPSA) is 63.1 Å².